The molecule has 1 aromatic carbocycles. The number of likely N-dealkylation sites (tertiary alicyclic amines) is 1. The zero-order valence-electron chi connectivity index (χ0n) is 14.1. The van der Waals surface area contributed by atoms with Gasteiger partial charge in [-0.1, -0.05) is 35.9 Å². The molecule has 1 atom stereocenters. The normalized spacial score (nSPS) is 25.3. The first kappa shape index (κ1) is 15.8. The zero-order valence-corrected chi connectivity index (χ0v) is 14.8. The van der Waals surface area contributed by atoms with E-state index in [1.54, 1.807) is 18.3 Å². The number of halogens is 1. The highest BCUT2D eigenvalue weighted by Gasteiger charge is 2.57. The number of hydrogen-bond acceptors (Lipinski definition) is 4. The van der Waals surface area contributed by atoms with Gasteiger partial charge in [-0.2, -0.15) is 0 Å². The molecular formula is C20H17ClN2O3. The lowest BCUT2D eigenvalue weighted by Crippen LogP contribution is -2.40. The topological polar surface area (TPSA) is 59.5 Å². The molecule has 1 amide bonds. The molecule has 0 unspecified atom stereocenters. The number of fused-ring (bicyclic) bond motifs is 2. The summed E-state index contributed by atoms with van der Waals surface area (Å²) in [5.41, 5.74) is 1.24. The van der Waals surface area contributed by atoms with Crippen LogP contribution in [0.1, 0.15) is 40.7 Å². The molecule has 2 fully saturated rings. The van der Waals surface area contributed by atoms with Crippen LogP contribution in [0.4, 0.5) is 0 Å². The summed E-state index contributed by atoms with van der Waals surface area (Å²) in [6.45, 7) is 1.00. The predicted octanol–water partition coefficient (Wildman–Crippen LogP) is 3.06. The van der Waals surface area contributed by atoms with E-state index in [0.717, 1.165) is 24.0 Å². The molecular weight excluding hydrogens is 352 g/mol. The van der Waals surface area contributed by atoms with Gasteiger partial charge in [-0.3, -0.25) is 4.79 Å². The average molecular weight is 369 g/mol. The van der Waals surface area contributed by atoms with Crippen molar-refractivity contribution in [3.05, 3.63) is 64.4 Å². The number of carbonyl (C=O) groups excluding carboxylic acids is 2. The highest BCUT2D eigenvalue weighted by Crippen LogP contribution is 2.51. The molecule has 3 heterocycles. The number of hydrogen-bond donors (Lipinski definition) is 0. The molecule has 2 aliphatic heterocycles. The molecule has 6 heteroatoms. The van der Waals surface area contributed by atoms with Crippen molar-refractivity contribution in [2.75, 3.05) is 13.1 Å². The van der Waals surface area contributed by atoms with Crippen molar-refractivity contribution in [3.8, 4) is 0 Å². The van der Waals surface area contributed by atoms with Crippen LogP contribution in [0.2, 0.25) is 5.15 Å². The van der Waals surface area contributed by atoms with E-state index in [1.165, 1.54) is 0 Å². The first-order valence-electron chi connectivity index (χ1n) is 8.78. The Kier molecular flexibility index (Phi) is 3.23. The van der Waals surface area contributed by atoms with Gasteiger partial charge in [-0.05, 0) is 30.5 Å². The SMILES string of the molecule is O=C1O[C@]2(CCN(C(=O)C3(c4ccc(Cl)nc4)CC3)C2)c2ccccc21. The van der Waals surface area contributed by atoms with Gasteiger partial charge in [0, 0.05) is 24.7 Å². The molecule has 26 heavy (non-hydrogen) atoms. The van der Waals surface area contributed by atoms with Gasteiger partial charge in [0.1, 0.15) is 5.15 Å². The molecule has 1 spiro atoms. The van der Waals surface area contributed by atoms with Crippen molar-refractivity contribution in [2.45, 2.75) is 30.3 Å². The number of rotatable bonds is 2. The van der Waals surface area contributed by atoms with Crippen LogP contribution < -0.4 is 0 Å². The molecule has 5 nitrogen and oxygen atoms in total. The number of ether oxygens (including phenoxy) is 1. The predicted molar refractivity (Wildman–Crippen MR) is 94.9 cm³/mol. The van der Waals surface area contributed by atoms with E-state index < -0.39 is 11.0 Å². The molecule has 0 N–H and O–H groups in total. The lowest BCUT2D eigenvalue weighted by molar-refractivity contribution is -0.134. The molecule has 2 aromatic rings. The average Bonchev–Trinajstić information content (AvgIpc) is 3.28. The molecule has 0 radical (unpaired) electrons. The van der Waals surface area contributed by atoms with Crippen molar-refractivity contribution in [3.63, 3.8) is 0 Å². The van der Waals surface area contributed by atoms with Crippen molar-refractivity contribution in [1.82, 2.24) is 9.88 Å². The Morgan fingerprint density at radius 2 is 1.96 bits per heavy atom. The summed E-state index contributed by atoms with van der Waals surface area (Å²) < 4.78 is 5.75. The first-order chi connectivity index (χ1) is 12.5. The molecule has 1 saturated heterocycles. The van der Waals surface area contributed by atoms with Crippen LogP contribution in [0.15, 0.2) is 42.6 Å². The summed E-state index contributed by atoms with van der Waals surface area (Å²) in [5.74, 6) is -0.197. The zero-order chi connectivity index (χ0) is 17.9. The van der Waals surface area contributed by atoms with E-state index in [1.807, 2.05) is 29.2 Å². The second-order valence-electron chi connectivity index (χ2n) is 7.36. The Labute approximate surface area is 155 Å². The number of carbonyl (C=O) groups is 2. The minimum absolute atomic E-state index is 0.0962. The second kappa shape index (κ2) is 5.30. The number of aromatic nitrogens is 1. The summed E-state index contributed by atoms with van der Waals surface area (Å²) in [7, 11) is 0. The van der Waals surface area contributed by atoms with E-state index in [0.29, 0.717) is 30.2 Å². The largest absolute Gasteiger partial charge is 0.449 e. The Balaban J connectivity index is 1.43. The van der Waals surface area contributed by atoms with Crippen molar-refractivity contribution < 1.29 is 14.3 Å². The van der Waals surface area contributed by atoms with Gasteiger partial charge in [0.25, 0.3) is 0 Å². The minimum atomic E-state index is -0.697. The molecule has 1 aliphatic carbocycles. The fraction of sp³-hybridized carbons (Fsp3) is 0.350. The number of amides is 1. The van der Waals surface area contributed by atoms with Gasteiger partial charge < -0.3 is 9.64 Å². The van der Waals surface area contributed by atoms with Crippen LogP contribution in [0.5, 0.6) is 0 Å². The lowest BCUT2D eigenvalue weighted by atomic mass is 9.91. The Morgan fingerprint density at radius 3 is 2.69 bits per heavy atom. The third kappa shape index (κ3) is 2.13. The maximum absolute atomic E-state index is 13.3. The van der Waals surface area contributed by atoms with Gasteiger partial charge in [0.05, 0.1) is 17.5 Å². The summed E-state index contributed by atoms with van der Waals surface area (Å²) >= 11 is 5.88. The quantitative estimate of drug-likeness (QED) is 0.603. The third-order valence-corrected chi connectivity index (χ3v) is 6.11. The minimum Gasteiger partial charge on any atom is -0.449 e. The highest BCUT2D eigenvalue weighted by atomic mass is 35.5. The molecule has 1 saturated carbocycles. The van der Waals surface area contributed by atoms with E-state index in [-0.39, 0.29) is 11.9 Å². The number of nitrogens with zero attached hydrogens (tertiary/aromatic N) is 2. The summed E-state index contributed by atoms with van der Waals surface area (Å²) in [5, 5.41) is 0.423. The number of benzene rings is 1. The molecule has 132 valence electrons. The summed E-state index contributed by atoms with van der Waals surface area (Å²) in [6, 6.07) is 11.1. The van der Waals surface area contributed by atoms with Crippen LogP contribution in [0.25, 0.3) is 0 Å². The van der Waals surface area contributed by atoms with Crippen LogP contribution in [0.3, 0.4) is 0 Å². The van der Waals surface area contributed by atoms with E-state index >= 15 is 0 Å². The molecule has 5 rings (SSSR count). The maximum atomic E-state index is 13.3. The van der Waals surface area contributed by atoms with Gasteiger partial charge >= 0.3 is 5.97 Å². The maximum Gasteiger partial charge on any atom is 0.339 e. The smallest absolute Gasteiger partial charge is 0.339 e. The van der Waals surface area contributed by atoms with E-state index in [9.17, 15) is 9.59 Å². The Hall–Kier alpha value is -2.40. The lowest BCUT2D eigenvalue weighted by Gasteiger charge is -2.26. The fourth-order valence-electron chi connectivity index (χ4n) is 4.32. The Morgan fingerprint density at radius 1 is 1.15 bits per heavy atom. The van der Waals surface area contributed by atoms with Crippen molar-refractivity contribution in [2.24, 2.45) is 0 Å². The number of esters is 1. The molecule has 0 bridgehead atoms. The van der Waals surface area contributed by atoms with Gasteiger partial charge in [-0.15, -0.1) is 0 Å². The van der Waals surface area contributed by atoms with Gasteiger partial charge in [-0.25, -0.2) is 9.78 Å². The van der Waals surface area contributed by atoms with Crippen LogP contribution in [0, 0.1) is 0 Å². The monoisotopic (exact) mass is 368 g/mol. The fourth-order valence-corrected chi connectivity index (χ4v) is 4.43. The van der Waals surface area contributed by atoms with Gasteiger partial charge in [0.15, 0.2) is 5.60 Å². The summed E-state index contributed by atoms with van der Waals surface area (Å²) in [6.07, 6.45) is 3.96. The summed E-state index contributed by atoms with van der Waals surface area (Å²) in [4.78, 5) is 31.5. The number of pyridine rings is 1. The van der Waals surface area contributed by atoms with Crippen molar-refractivity contribution in [1.29, 1.82) is 0 Å². The van der Waals surface area contributed by atoms with E-state index in [4.69, 9.17) is 16.3 Å². The van der Waals surface area contributed by atoms with Crippen LogP contribution >= 0.6 is 11.6 Å². The van der Waals surface area contributed by atoms with Crippen molar-refractivity contribution >= 4 is 23.5 Å². The standard InChI is InChI=1S/C20H17ClN2O3/c21-16-6-5-13(11-22-16)19(7-8-19)18(25)23-10-9-20(12-23)15-4-2-1-3-14(15)17(24)26-20/h1-6,11H,7-10,12H2/t20-/m0/s1. The van der Waals surface area contributed by atoms with Crippen LogP contribution in [-0.4, -0.2) is 34.8 Å². The van der Waals surface area contributed by atoms with E-state index in [2.05, 4.69) is 4.98 Å². The van der Waals surface area contributed by atoms with Crippen LogP contribution in [-0.2, 0) is 20.5 Å². The highest BCUT2D eigenvalue weighted by molar-refractivity contribution is 6.29. The van der Waals surface area contributed by atoms with Gasteiger partial charge in [0.2, 0.25) is 5.91 Å². The Bertz CT molecular complexity index is 923. The molecule has 1 aromatic heterocycles. The molecule has 3 aliphatic rings. The third-order valence-electron chi connectivity index (χ3n) is 5.88. The second-order valence-corrected chi connectivity index (χ2v) is 7.75. The first-order valence-corrected chi connectivity index (χ1v) is 9.16.